The predicted molar refractivity (Wildman–Crippen MR) is 71.6 cm³/mol. The van der Waals surface area contributed by atoms with E-state index in [1.807, 2.05) is 0 Å². The van der Waals surface area contributed by atoms with E-state index in [4.69, 9.17) is 0 Å². The van der Waals surface area contributed by atoms with E-state index in [2.05, 4.69) is 22.2 Å². The van der Waals surface area contributed by atoms with E-state index < -0.39 is 0 Å². The number of fused-ring (bicyclic) bond motifs is 1. The number of amides is 1. The molecule has 5 nitrogen and oxygen atoms in total. The maximum atomic E-state index is 11.5. The van der Waals surface area contributed by atoms with Crippen molar-refractivity contribution in [1.82, 2.24) is 15.3 Å². The minimum atomic E-state index is -0.139. The molecule has 0 bridgehead atoms. The Kier molecular flexibility index (Phi) is 4.09. The molecule has 0 aliphatic rings. The molecular weight excluding hydrogens is 250 g/mol. The van der Waals surface area contributed by atoms with Crippen LogP contribution in [0.4, 0.5) is 0 Å². The number of aromatic nitrogens is 2. The van der Waals surface area contributed by atoms with Crippen molar-refractivity contribution in [3.05, 3.63) is 27.6 Å². The van der Waals surface area contributed by atoms with Crippen LogP contribution in [0, 0.1) is 0 Å². The highest BCUT2D eigenvalue weighted by molar-refractivity contribution is 7.18. The Hall–Kier alpha value is -1.69. The molecule has 0 atom stereocenters. The molecule has 2 aromatic heterocycles. The number of rotatable bonds is 5. The van der Waals surface area contributed by atoms with Crippen LogP contribution in [0.25, 0.3) is 10.2 Å². The number of unbranched alkanes of at least 4 members (excludes halogenated alkanes) is 1. The summed E-state index contributed by atoms with van der Waals surface area (Å²) in [4.78, 5) is 31.2. The first-order valence-corrected chi connectivity index (χ1v) is 6.75. The van der Waals surface area contributed by atoms with Gasteiger partial charge in [-0.1, -0.05) is 13.3 Å². The highest BCUT2D eigenvalue weighted by Crippen LogP contribution is 2.20. The fraction of sp³-hybridized carbons (Fsp3) is 0.417. The lowest BCUT2D eigenvalue weighted by Crippen LogP contribution is -2.21. The minimum Gasteiger partial charge on any atom is -0.351 e. The molecule has 0 saturated carbocycles. The molecule has 2 heterocycles. The van der Waals surface area contributed by atoms with E-state index in [1.54, 1.807) is 6.07 Å². The summed E-state index contributed by atoms with van der Waals surface area (Å²) in [5, 5.41) is 3.43. The Morgan fingerprint density at radius 1 is 1.56 bits per heavy atom. The molecule has 0 spiro atoms. The molecule has 2 aromatic rings. The summed E-state index contributed by atoms with van der Waals surface area (Å²) in [6.45, 7) is 2.51. The van der Waals surface area contributed by atoms with Crippen LogP contribution < -0.4 is 10.9 Å². The number of thiophene rings is 1. The molecule has 0 saturated heterocycles. The SMILES string of the molecule is CCCCC(=O)NCc1cc2c(=O)[nH]cnc2s1. The van der Waals surface area contributed by atoms with Gasteiger partial charge in [0.1, 0.15) is 4.83 Å². The summed E-state index contributed by atoms with van der Waals surface area (Å²) in [5.74, 6) is 0.0520. The summed E-state index contributed by atoms with van der Waals surface area (Å²) < 4.78 is 0. The van der Waals surface area contributed by atoms with Crippen molar-refractivity contribution in [2.24, 2.45) is 0 Å². The third-order valence-corrected chi connectivity index (χ3v) is 3.65. The summed E-state index contributed by atoms with van der Waals surface area (Å²) >= 11 is 1.43. The number of nitrogens with zero attached hydrogens (tertiary/aromatic N) is 1. The second-order valence-corrected chi connectivity index (χ2v) is 5.16. The summed E-state index contributed by atoms with van der Waals surface area (Å²) in [5.41, 5.74) is -0.139. The molecule has 6 heteroatoms. The zero-order valence-electron chi connectivity index (χ0n) is 10.2. The van der Waals surface area contributed by atoms with E-state index >= 15 is 0 Å². The lowest BCUT2D eigenvalue weighted by atomic mass is 10.2. The molecule has 0 unspecified atom stereocenters. The van der Waals surface area contributed by atoms with Crippen molar-refractivity contribution >= 4 is 27.5 Å². The van der Waals surface area contributed by atoms with E-state index in [9.17, 15) is 9.59 Å². The number of carbonyl (C=O) groups excluding carboxylic acids is 1. The number of hydrogen-bond acceptors (Lipinski definition) is 4. The van der Waals surface area contributed by atoms with Gasteiger partial charge in [-0.25, -0.2) is 4.98 Å². The average molecular weight is 265 g/mol. The monoisotopic (exact) mass is 265 g/mol. The maximum Gasteiger partial charge on any atom is 0.259 e. The molecule has 0 aliphatic heterocycles. The first-order chi connectivity index (χ1) is 8.70. The topological polar surface area (TPSA) is 74.8 Å². The van der Waals surface area contributed by atoms with Crippen LogP contribution in [0.5, 0.6) is 0 Å². The van der Waals surface area contributed by atoms with Gasteiger partial charge in [-0.05, 0) is 12.5 Å². The maximum absolute atomic E-state index is 11.5. The van der Waals surface area contributed by atoms with Crippen molar-refractivity contribution in [2.75, 3.05) is 0 Å². The third-order valence-electron chi connectivity index (χ3n) is 2.60. The Morgan fingerprint density at radius 3 is 3.11 bits per heavy atom. The Bertz CT molecular complexity index is 603. The zero-order chi connectivity index (χ0) is 13.0. The van der Waals surface area contributed by atoms with Crippen LogP contribution in [0.3, 0.4) is 0 Å². The number of carbonyl (C=O) groups is 1. The van der Waals surface area contributed by atoms with Crippen LogP contribution in [0.15, 0.2) is 17.2 Å². The molecule has 96 valence electrons. The van der Waals surface area contributed by atoms with Gasteiger partial charge in [0, 0.05) is 11.3 Å². The number of hydrogen-bond donors (Lipinski definition) is 2. The lowest BCUT2D eigenvalue weighted by molar-refractivity contribution is -0.121. The third kappa shape index (κ3) is 2.95. The van der Waals surface area contributed by atoms with Gasteiger partial charge in [-0.3, -0.25) is 9.59 Å². The van der Waals surface area contributed by atoms with Crippen molar-refractivity contribution in [1.29, 1.82) is 0 Å². The fourth-order valence-corrected chi connectivity index (χ4v) is 2.55. The van der Waals surface area contributed by atoms with Gasteiger partial charge in [0.2, 0.25) is 5.91 Å². The predicted octanol–water partition coefficient (Wildman–Crippen LogP) is 1.79. The molecule has 2 N–H and O–H groups in total. The fourth-order valence-electron chi connectivity index (χ4n) is 1.62. The average Bonchev–Trinajstić information content (AvgIpc) is 2.78. The molecule has 0 radical (unpaired) electrons. The van der Waals surface area contributed by atoms with Gasteiger partial charge in [0.15, 0.2) is 0 Å². The van der Waals surface area contributed by atoms with E-state index in [0.717, 1.165) is 17.7 Å². The number of H-pyrrole nitrogens is 1. The number of aromatic amines is 1. The highest BCUT2D eigenvalue weighted by Gasteiger charge is 2.07. The van der Waals surface area contributed by atoms with Gasteiger partial charge < -0.3 is 10.3 Å². The Balaban J connectivity index is 2.02. The van der Waals surface area contributed by atoms with Crippen LogP contribution in [0.2, 0.25) is 0 Å². The summed E-state index contributed by atoms with van der Waals surface area (Å²) in [6, 6.07) is 1.78. The van der Waals surface area contributed by atoms with E-state index in [-0.39, 0.29) is 11.5 Å². The van der Waals surface area contributed by atoms with Gasteiger partial charge in [0.25, 0.3) is 5.56 Å². The number of nitrogens with one attached hydrogen (secondary N) is 2. The second-order valence-electron chi connectivity index (χ2n) is 4.04. The molecule has 2 rings (SSSR count). The normalized spacial score (nSPS) is 10.7. The first kappa shape index (κ1) is 12.8. The van der Waals surface area contributed by atoms with Crippen molar-refractivity contribution in [2.45, 2.75) is 32.7 Å². The molecule has 0 aliphatic carbocycles. The molecular formula is C12H15N3O2S. The smallest absolute Gasteiger partial charge is 0.259 e. The van der Waals surface area contributed by atoms with E-state index in [1.165, 1.54) is 17.7 Å². The largest absolute Gasteiger partial charge is 0.351 e. The molecule has 18 heavy (non-hydrogen) atoms. The quantitative estimate of drug-likeness (QED) is 0.865. The Morgan fingerprint density at radius 2 is 2.39 bits per heavy atom. The van der Waals surface area contributed by atoms with Gasteiger partial charge in [-0.15, -0.1) is 11.3 Å². The van der Waals surface area contributed by atoms with Crippen LogP contribution in [0.1, 0.15) is 31.1 Å². The van der Waals surface area contributed by atoms with Crippen LogP contribution >= 0.6 is 11.3 Å². The second kappa shape index (κ2) is 5.77. The first-order valence-electron chi connectivity index (χ1n) is 5.93. The standard InChI is InChI=1S/C12H15N3O2S/c1-2-3-4-10(16)13-6-8-5-9-11(17)14-7-15-12(9)18-8/h5,7H,2-4,6H2,1H3,(H,13,16)(H,14,15,17). The summed E-state index contributed by atoms with van der Waals surface area (Å²) in [7, 11) is 0. The molecule has 1 amide bonds. The van der Waals surface area contributed by atoms with Gasteiger partial charge >= 0.3 is 0 Å². The van der Waals surface area contributed by atoms with Gasteiger partial charge in [0.05, 0.1) is 18.3 Å². The minimum absolute atomic E-state index is 0.0520. The molecule has 0 aromatic carbocycles. The lowest BCUT2D eigenvalue weighted by Gasteiger charge is -2.01. The van der Waals surface area contributed by atoms with Crippen molar-refractivity contribution < 1.29 is 4.79 Å². The highest BCUT2D eigenvalue weighted by atomic mass is 32.1. The van der Waals surface area contributed by atoms with Crippen molar-refractivity contribution in [3.8, 4) is 0 Å². The Labute approximate surface area is 108 Å². The van der Waals surface area contributed by atoms with Gasteiger partial charge in [-0.2, -0.15) is 0 Å². The summed E-state index contributed by atoms with van der Waals surface area (Å²) in [6.07, 6.45) is 3.86. The molecule has 0 fully saturated rings. The van der Waals surface area contributed by atoms with E-state index in [0.29, 0.717) is 23.2 Å². The van der Waals surface area contributed by atoms with Crippen LogP contribution in [-0.4, -0.2) is 15.9 Å². The van der Waals surface area contributed by atoms with Crippen LogP contribution in [-0.2, 0) is 11.3 Å². The van der Waals surface area contributed by atoms with Crippen molar-refractivity contribution in [3.63, 3.8) is 0 Å². The zero-order valence-corrected chi connectivity index (χ0v) is 11.0.